The van der Waals surface area contributed by atoms with Crippen molar-refractivity contribution in [3.8, 4) is 22.6 Å². The fourth-order valence-electron chi connectivity index (χ4n) is 1.97. The number of aldehydes is 1. The molecule has 104 valence electrons. The van der Waals surface area contributed by atoms with Crippen LogP contribution in [0.25, 0.3) is 11.1 Å². The molecule has 0 spiro atoms. The summed E-state index contributed by atoms with van der Waals surface area (Å²) in [4.78, 5) is 11.1. The minimum atomic E-state index is -0.445. The summed E-state index contributed by atoms with van der Waals surface area (Å²) in [6, 6.07) is 7.22. The van der Waals surface area contributed by atoms with Crippen molar-refractivity contribution in [3.63, 3.8) is 0 Å². The number of benzene rings is 2. The monoisotopic (exact) mass is 294 g/mol. The van der Waals surface area contributed by atoms with Crippen molar-refractivity contribution in [1.29, 1.82) is 0 Å². The number of hydrogen-bond donors (Lipinski definition) is 0. The summed E-state index contributed by atoms with van der Waals surface area (Å²) >= 11 is 6.17. The van der Waals surface area contributed by atoms with E-state index in [1.54, 1.807) is 12.1 Å². The van der Waals surface area contributed by atoms with E-state index in [9.17, 15) is 9.18 Å². The molecule has 0 saturated heterocycles. The molecule has 0 atom stereocenters. The van der Waals surface area contributed by atoms with E-state index in [0.29, 0.717) is 34.5 Å². The standard InChI is InChI=1S/C15H12ClFO3/c1-19-13-6-5-11(15(20-2)14(13)16)12-7-10(17)4-3-9(12)8-18/h3-8H,1-2H3. The van der Waals surface area contributed by atoms with Crippen LogP contribution in [-0.2, 0) is 0 Å². The smallest absolute Gasteiger partial charge is 0.150 e. The van der Waals surface area contributed by atoms with Gasteiger partial charge >= 0.3 is 0 Å². The van der Waals surface area contributed by atoms with Gasteiger partial charge in [-0.05, 0) is 35.9 Å². The Labute approximate surface area is 120 Å². The van der Waals surface area contributed by atoms with Crippen molar-refractivity contribution < 1.29 is 18.7 Å². The lowest BCUT2D eigenvalue weighted by Gasteiger charge is -2.14. The van der Waals surface area contributed by atoms with Crippen LogP contribution in [0, 0.1) is 5.82 Å². The quantitative estimate of drug-likeness (QED) is 0.800. The Kier molecular flexibility index (Phi) is 4.25. The molecule has 0 saturated carbocycles. The Morgan fingerprint density at radius 2 is 1.85 bits per heavy atom. The van der Waals surface area contributed by atoms with Crippen LogP contribution in [0.5, 0.6) is 11.5 Å². The van der Waals surface area contributed by atoms with E-state index in [1.165, 1.54) is 32.4 Å². The minimum absolute atomic E-state index is 0.272. The predicted molar refractivity (Wildman–Crippen MR) is 75.3 cm³/mol. The average molecular weight is 295 g/mol. The van der Waals surface area contributed by atoms with Crippen LogP contribution in [0.4, 0.5) is 4.39 Å². The summed E-state index contributed by atoms with van der Waals surface area (Å²) in [6.07, 6.45) is 0.659. The first-order valence-electron chi connectivity index (χ1n) is 5.78. The van der Waals surface area contributed by atoms with E-state index >= 15 is 0 Å². The first-order valence-corrected chi connectivity index (χ1v) is 6.15. The number of halogens is 2. The van der Waals surface area contributed by atoms with Gasteiger partial charge in [-0.1, -0.05) is 11.6 Å². The van der Waals surface area contributed by atoms with Crippen LogP contribution in [-0.4, -0.2) is 20.5 Å². The van der Waals surface area contributed by atoms with Crippen molar-refractivity contribution in [3.05, 3.63) is 46.7 Å². The summed E-state index contributed by atoms with van der Waals surface area (Å²) in [5.74, 6) is 0.329. The van der Waals surface area contributed by atoms with Gasteiger partial charge < -0.3 is 9.47 Å². The van der Waals surface area contributed by atoms with Crippen molar-refractivity contribution in [2.24, 2.45) is 0 Å². The maximum absolute atomic E-state index is 13.4. The van der Waals surface area contributed by atoms with E-state index in [2.05, 4.69) is 0 Å². The van der Waals surface area contributed by atoms with Crippen LogP contribution >= 0.6 is 11.6 Å². The van der Waals surface area contributed by atoms with Crippen LogP contribution in [0.2, 0.25) is 5.02 Å². The highest BCUT2D eigenvalue weighted by Gasteiger charge is 2.17. The van der Waals surface area contributed by atoms with E-state index in [-0.39, 0.29) is 5.02 Å². The number of hydrogen-bond acceptors (Lipinski definition) is 3. The van der Waals surface area contributed by atoms with Crippen LogP contribution < -0.4 is 9.47 Å². The van der Waals surface area contributed by atoms with Crippen LogP contribution in [0.15, 0.2) is 30.3 Å². The summed E-state index contributed by atoms with van der Waals surface area (Å²) < 4.78 is 23.8. The second-order valence-electron chi connectivity index (χ2n) is 4.01. The molecule has 0 radical (unpaired) electrons. The van der Waals surface area contributed by atoms with Gasteiger partial charge in [0.05, 0.1) is 14.2 Å². The van der Waals surface area contributed by atoms with Gasteiger partial charge in [-0.3, -0.25) is 4.79 Å². The molecule has 0 aliphatic heterocycles. The number of ether oxygens (including phenoxy) is 2. The van der Waals surface area contributed by atoms with Crippen molar-refractivity contribution in [1.82, 2.24) is 0 Å². The van der Waals surface area contributed by atoms with Gasteiger partial charge in [0.1, 0.15) is 22.3 Å². The van der Waals surface area contributed by atoms with Crippen molar-refractivity contribution in [2.45, 2.75) is 0 Å². The van der Waals surface area contributed by atoms with E-state index in [1.807, 2.05) is 0 Å². The molecule has 0 heterocycles. The van der Waals surface area contributed by atoms with E-state index in [4.69, 9.17) is 21.1 Å². The topological polar surface area (TPSA) is 35.5 Å². The third-order valence-corrected chi connectivity index (χ3v) is 3.28. The second-order valence-corrected chi connectivity index (χ2v) is 4.39. The molecule has 0 fully saturated rings. The van der Waals surface area contributed by atoms with Gasteiger partial charge in [-0.15, -0.1) is 0 Å². The Bertz CT molecular complexity index is 656. The first-order chi connectivity index (χ1) is 9.62. The summed E-state index contributed by atoms with van der Waals surface area (Å²) in [6.45, 7) is 0. The lowest BCUT2D eigenvalue weighted by Crippen LogP contribution is -1.95. The minimum Gasteiger partial charge on any atom is -0.495 e. The number of methoxy groups -OCH3 is 2. The zero-order valence-electron chi connectivity index (χ0n) is 10.9. The fourth-order valence-corrected chi connectivity index (χ4v) is 2.29. The van der Waals surface area contributed by atoms with Gasteiger partial charge in [0.15, 0.2) is 6.29 Å². The Morgan fingerprint density at radius 3 is 2.45 bits per heavy atom. The molecule has 3 nitrogen and oxygen atoms in total. The normalized spacial score (nSPS) is 10.2. The molecule has 0 aromatic heterocycles. The maximum atomic E-state index is 13.4. The molecular weight excluding hydrogens is 283 g/mol. The second kappa shape index (κ2) is 5.92. The zero-order valence-corrected chi connectivity index (χ0v) is 11.7. The fraction of sp³-hybridized carbons (Fsp3) is 0.133. The highest BCUT2D eigenvalue weighted by Crippen LogP contribution is 2.42. The number of rotatable bonds is 4. The molecule has 5 heteroatoms. The Morgan fingerprint density at radius 1 is 1.10 bits per heavy atom. The van der Waals surface area contributed by atoms with Gasteiger partial charge in [-0.2, -0.15) is 0 Å². The van der Waals surface area contributed by atoms with E-state index < -0.39 is 5.82 Å². The van der Waals surface area contributed by atoms with Crippen LogP contribution in [0.3, 0.4) is 0 Å². The summed E-state index contributed by atoms with van der Waals surface area (Å²) in [7, 11) is 2.93. The predicted octanol–water partition coefficient (Wildman–Crippen LogP) is 3.98. The third kappa shape index (κ3) is 2.47. The Balaban J connectivity index is 2.72. The number of carbonyl (C=O) groups is 1. The molecular formula is C15H12ClFO3. The summed E-state index contributed by atoms with van der Waals surface area (Å²) in [5.41, 5.74) is 1.30. The van der Waals surface area contributed by atoms with Crippen LogP contribution in [0.1, 0.15) is 10.4 Å². The molecule has 0 unspecified atom stereocenters. The lowest BCUT2D eigenvalue weighted by atomic mass is 9.99. The Hall–Kier alpha value is -2.07. The highest BCUT2D eigenvalue weighted by molar-refractivity contribution is 6.34. The molecule has 0 bridgehead atoms. The molecule has 0 aliphatic carbocycles. The molecule has 0 aliphatic rings. The first kappa shape index (κ1) is 14.3. The van der Waals surface area contributed by atoms with Gasteiger partial charge in [0.2, 0.25) is 0 Å². The largest absolute Gasteiger partial charge is 0.495 e. The molecule has 0 N–H and O–H groups in total. The highest BCUT2D eigenvalue weighted by atomic mass is 35.5. The van der Waals surface area contributed by atoms with Crippen molar-refractivity contribution in [2.75, 3.05) is 14.2 Å². The number of carbonyl (C=O) groups excluding carboxylic acids is 1. The summed E-state index contributed by atoms with van der Waals surface area (Å²) in [5, 5.41) is 0.272. The zero-order chi connectivity index (χ0) is 14.7. The molecule has 2 aromatic rings. The third-order valence-electron chi connectivity index (χ3n) is 2.92. The molecule has 2 aromatic carbocycles. The molecule has 20 heavy (non-hydrogen) atoms. The maximum Gasteiger partial charge on any atom is 0.150 e. The van der Waals surface area contributed by atoms with Gasteiger partial charge in [0, 0.05) is 11.1 Å². The van der Waals surface area contributed by atoms with Crippen molar-refractivity contribution >= 4 is 17.9 Å². The lowest BCUT2D eigenvalue weighted by molar-refractivity contribution is 0.112. The van der Waals surface area contributed by atoms with Gasteiger partial charge in [-0.25, -0.2) is 4.39 Å². The molecule has 0 amide bonds. The molecule has 2 rings (SSSR count). The van der Waals surface area contributed by atoms with Gasteiger partial charge in [0.25, 0.3) is 0 Å². The SMILES string of the molecule is COc1ccc(-c2cc(F)ccc2C=O)c(OC)c1Cl. The average Bonchev–Trinajstić information content (AvgIpc) is 2.46. The van der Waals surface area contributed by atoms with E-state index in [0.717, 1.165) is 0 Å².